The van der Waals surface area contributed by atoms with Gasteiger partial charge in [0.25, 0.3) is 0 Å². The molecule has 0 saturated carbocycles. The zero-order valence-electron chi connectivity index (χ0n) is 15.7. The Bertz CT molecular complexity index is 558. The van der Waals surface area contributed by atoms with Gasteiger partial charge in [-0.15, -0.1) is 12.6 Å². The summed E-state index contributed by atoms with van der Waals surface area (Å²) in [6, 6.07) is 0. The molecule has 0 aromatic heterocycles. The Morgan fingerprint density at radius 3 is 1.93 bits per heavy atom. The van der Waals surface area contributed by atoms with Gasteiger partial charge in [0, 0.05) is 0 Å². The second kappa shape index (κ2) is 10.8. The molecule has 0 aliphatic carbocycles. The first-order valence-electron chi connectivity index (χ1n) is 7.92. The summed E-state index contributed by atoms with van der Waals surface area (Å²) in [5.74, 6) is -0.793. The molecule has 0 unspecified atom stereocenters. The zero-order chi connectivity index (χ0) is 21.5. The van der Waals surface area contributed by atoms with Gasteiger partial charge in [-0.25, -0.2) is 4.79 Å². The fourth-order valence-electron chi connectivity index (χ4n) is 1.73. The van der Waals surface area contributed by atoms with Gasteiger partial charge in [-0.3, -0.25) is 14.7 Å². The lowest BCUT2D eigenvalue weighted by molar-refractivity contribution is -0.155. The van der Waals surface area contributed by atoms with E-state index < -0.39 is 46.7 Å². The van der Waals surface area contributed by atoms with Gasteiger partial charge in [-0.1, -0.05) is 34.8 Å². The Morgan fingerprint density at radius 1 is 1.07 bits per heavy atom. The highest BCUT2D eigenvalue weighted by molar-refractivity contribution is 7.91. The predicted molar refractivity (Wildman–Crippen MR) is 108 cm³/mol. The maximum atomic E-state index is 13.2. The summed E-state index contributed by atoms with van der Waals surface area (Å²) in [5, 5.41) is 2.21. The molecule has 0 saturated heterocycles. The monoisotopic (exact) mass is 487 g/mol. The highest BCUT2D eigenvalue weighted by atomic mass is 35.6. The van der Waals surface area contributed by atoms with Gasteiger partial charge in [-0.05, 0) is 34.6 Å². The standard InChI is InChI=1S/C14H25Cl3NO7PS/c1-6-23-26(21,24-7-2)14(27,8-10(19)25-12(3,4)5)18-11(20)22-9-13(15,16)17/h27H,6-9H2,1-5H3,(H,18,20)/t14-/m0/s1. The molecule has 0 radical (unpaired) electrons. The van der Waals surface area contributed by atoms with Crippen LogP contribution in [0.5, 0.6) is 0 Å². The largest absolute Gasteiger partial charge is 0.460 e. The van der Waals surface area contributed by atoms with Crippen LogP contribution in [0.15, 0.2) is 0 Å². The summed E-state index contributed by atoms with van der Waals surface area (Å²) in [5.41, 5.74) is -0.816. The van der Waals surface area contributed by atoms with Crippen LogP contribution in [-0.2, 0) is 27.9 Å². The van der Waals surface area contributed by atoms with E-state index in [2.05, 4.69) is 17.9 Å². The first-order valence-corrected chi connectivity index (χ1v) is 11.0. The normalized spacial score (nSPS) is 15.0. The lowest BCUT2D eigenvalue weighted by atomic mass is 10.2. The van der Waals surface area contributed by atoms with Crippen molar-refractivity contribution in [2.75, 3.05) is 19.8 Å². The van der Waals surface area contributed by atoms with Crippen molar-refractivity contribution in [1.29, 1.82) is 0 Å². The van der Waals surface area contributed by atoms with Crippen LogP contribution < -0.4 is 5.32 Å². The Labute approximate surface area is 179 Å². The molecule has 0 fully saturated rings. The van der Waals surface area contributed by atoms with Crippen molar-refractivity contribution >= 4 is 67.1 Å². The third-order valence-corrected chi connectivity index (χ3v) is 6.24. The topological polar surface area (TPSA) is 100 Å². The van der Waals surface area contributed by atoms with E-state index >= 15 is 0 Å². The summed E-state index contributed by atoms with van der Waals surface area (Å²) >= 11 is 20.8. The molecule has 1 N–H and O–H groups in total. The van der Waals surface area contributed by atoms with Gasteiger partial charge in [0.1, 0.15) is 12.2 Å². The molecule has 0 spiro atoms. The number of nitrogens with one attached hydrogen (secondary N) is 1. The van der Waals surface area contributed by atoms with E-state index in [0.717, 1.165) is 0 Å². The predicted octanol–water partition coefficient (Wildman–Crippen LogP) is 4.66. The van der Waals surface area contributed by atoms with Crippen molar-refractivity contribution in [3.05, 3.63) is 0 Å². The highest BCUT2D eigenvalue weighted by Gasteiger charge is 2.52. The molecule has 0 aromatic carbocycles. The van der Waals surface area contributed by atoms with Gasteiger partial charge in [0.2, 0.25) is 3.79 Å². The van der Waals surface area contributed by atoms with Crippen molar-refractivity contribution in [2.24, 2.45) is 0 Å². The summed E-state index contributed by atoms with van der Waals surface area (Å²) in [7, 11) is -4.13. The molecule has 0 heterocycles. The number of esters is 1. The minimum absolute atomic E-state index is 0.0290. The van der Waals surface area contributed by atoms with E-state index in [9.17, 15) is 14.2 Å². The molecular weight excluding hydrogens is 464 g/mol. The van der Waals surface area contributed by atoms with E-state index in [0.29, 0.717) is 0 Å². The SMILES string of the molecule is CCOP(=O)(OCC)[C@](S)(CC(=O)OC(C)(C)C)NC(=O)OCC(Cl)(Cl)Cl. The van der Waals surface area contributed by atoms with Crippen LogP contribution in [0.4, 0.5) is 4.79 Å². The van der Waals surface area contributed by atoms with Gasteiger partial charge in [0.15, 0.2) is 4.61 Å². The van der Waals surface area contributed by atoms with Crippen LogP contribution >= 0.6 is 55.0 Å². The van der Waals surface area contributed by atoms with Crippen molar-refractivity contribution in [3.63, 3.8) is 0 Å². The average Bonchev–Trinajstić information content (AvgIpc) is 2.42. The number of carbonyl (C=O) groups is 2. The van der Waals surface area contributed by atoms with Gasteiger partial charge in [0.05, 0.1) is 19.6 Å². The molecule has 0 aromatic rings. The van der Waals surface area contributed by atoms with Crippen LogP contribution in [-0.4, -0.2) is 45.9 Å². The number of hydrogen-bond acceptors (Lipinski definition) is 8. The maximum Gasteiger partial charge on any atom is 0.408 e. The van der Waals surface area contributed by atoms with Crippen LogP contribution in [0.1, 0.15) is 41.0 Å². The molecule has 27 heavy (non-hydrogen) atoms. The van der Waals surface area contributed by atoms with Crippen LogP contribution in [0, 0.1) is 0 Å². The lowest BCUT2D eigenvalue weighted by Crippen LogP contribution is -2.47. The summed E-state index contributed by atoms with van der Waals surface area (Å²) < 4.78 is 29.7. The van der Waals surface area contributed by atoms with Crippen molar-refractivity contribution in [1.82, 2.24) is 5.32 Å². The van der Waals surface area contributed by atoms with E-state index in [1.165, 1.54) is 0 Å². The van der Waals surface area contributed by atoms with E-state index in [4.69, 9.17) is 53.3 Å². The molecular formula is C14H25Cl3NO7PS. The molecule has 0 rings (SSSR count). The molecule has 160 valence electrons. The lowest BCUT2D eigenvalue weighted by Gasteiger charge is -2.35. The van der Waals surface area contributed by atoms with Crippen LogP contribution in [0.2, 0.25) is 0 Å². The zero-order valence-corrected chi connectivity index (χ0v) is 19.8. The Kier molecular flexibility index (Phi) is 10.8. The highest BCUT2D eigenvalue weighted by Crippen LogP contribution is 2.62. The average molecular weight is 489 g/mol. The quantitative estimate of drug-likeness (QED) is 0.160. The van der Waals surface area contributed by atoms with E-state index in [1.54, 1.807) is 34.6 Å². The molecule has 1 atom stereocenters. The minimum atomic E-state index is -4.13. The van der Waals surface area contributed by atoms with Crippen molar-refractivity contribution in [3.8, 4) is 0 Å². The van der Waals surface area contributed by atoms with E-state index in [1.807, 2.05) is 0 Å². The molecule has 0 aliphatic heterocycles. The van der Waals surface area contributed by atoms with E-state index in [-0.39, 0.29) is 13.2 Å². The number of ether oxygens (including phenoxy) is 2. The number of alkyl carbamates (subject to hydrolysis) is 1. The van der Waals surface area contributed by atoms with Crippen molar-refractivity contribution in [2.45, 2.75) is 55.0 Å². The van der Waals surface area contributed by atoms with Gasteiger partial charge in [-0.2, -0.15) is 0 Å². The Hall–Kier alpha value is 0.110. The summed E-state index contributed by atoms with van der Waals surface area (Å²) in [6.45, 7) is 7.43. The summed E-state index contributed by atoms with van der Waals surface area (Å²) in [6.07, 6.45) is -1.77. The number of alkyl halides is 3. The molecule has 13 heteroatoms. The van der Waals surface area contributed by atoms with Gasteiger partial charge < -0.3 is 18.5 Å². The maximum absolute atomic E-state index is 13.2. The number of rotatable bonds is 9. The van der Waals surface area contributed by atoms with Crippen LogP contribution in [0.25, 0.3) is 0 Å². The number of amides is 1. The second-order valence-electron chi connectivity index (χ2n) is 6.23. The second-order valence-corrected chi connectivity index (χ2v) is 12.1. The first-order chi connectivity index (χ1) is 12.1. The first kappa shape index (κ1) is 27.1. The molecule has 8 nitrogen and oxygen atoms in total. The number of carbonyl (C=O) groups excluding carboxylic acids is 2. The Morgan fingerprint density at radius 2 is 1.56 bits per heavy atom. The minimum Gasteiger partial charge on any atom is -0.460 e. The number of hydrogen-bond donors (Lipinski definition) is 2. The number of thiol groups is 1. The third kappa shape index (κ3) is 10.5. The summed E-state index contributed by atoms with van der Waals surface area (Å²) in [4.78, 5) is 24.4. The molecule has 0 bridgehead atoms. The van der Waals surface area contributed by atoms with Crippen molar-refractivity contribution < 1.29 is 32.7 Å². The fourth-order valence-corrected chi connectivity index (χ4v) is 4.19. The molecule has 0 aliphatic rings. The fraction of sp³-hybridized carbons (Fsp3) is 0.857. The Balaban J connectivity index is 5.62. The molecule has 1 amide bonds. The van der Waals surface area contributed by atoms with Gasteiger partial charge >= 0.3 is 19.7 Å². The number of halogens is 3. The van der Waals surface area contributed by atoms with Crippen LogP contribution in [0.3, 0.4) is 0 Å². The smallest absolute Gasteiger partial charge is 0.408 e. The third-order valence-electron chi connectivity index (χ3n) is 2.53.